The van der Waals surface area contributed by atoms with Crippen LogP contribution in [0.3, 0.4) is 0 Å². The molecule has 0 spiro atoms. The Kier molecular flexibility index (Phi) is 7.08. The number of carbonyl (C=O) groups excluding carboxylic acids is 2. The van der Waals surface area contributed by atoms with E-state index in [2.05, 4.69) is 13.2 Å². The zero-order chi connectivity index (χ0) is 21.7. The Labute approximate surface area is 183 Å². The average Bonchev–Trinajstić information content (AvgIpc) is 2.75. The predicted molar refractivity (Wildman–Crippen MR) is 124 cm³/mol. The largest absolute Gasteiger partial charge is 0.282 e. The molecule has 0 heterocycles. The van der Waals surface area contributed by atoms with Gasteiger partial charge in [-0.3, -0.25) is 9.59 Å². The topological polar surface area (TPSA) is 34.1 Å². The quantitative estimate of drug-likeness (QED) is 0.304. The summed E-state index contributed by atoms with van der Waals surface area (Å²) in [5.41, 5.74) is 4.04. The molecule has 0 saturated heterocycles. The molecule has 0 N–H and O–H groups in total. The highest BCUT2D eigenvalue weighted by atomic mass is 32.2. The molecule has 30 heavy (non-hydrogen) atoms. The molecule has 150 valence electrons. The summed E-state index contributed by atoms with van der Waals surface area (Å²) in [5, 5.41) is -0.336. The van der Waals surface area contributed by atoms with Crippen LogP contribution in [-0.4, -0.2) is 10.2 Å². The van der Waals surface area contributed by atoms with Crippen molar-refractivity contribution in [3.8, 4) is 22.3 Å². The Morgan fingerprint density at radius 3 is 1.83 bits per heavy atom. The Hall–Kier alpha value is -2.89. The van der Waals surface area contributed by atoms with E-state index in [4.69, 9.17) is 0 Å². The zero-order valence-corrected chi connectivity index (χ0v) is 18.0. The van der Waals surface area contributed by atoms with Crippen LogP contribution >= 0.6 is 23.5 Å². The fourth-order valence-corrected chi connectivity index (χ4v) is 3.93. The molecule has 0 saturated carbocycles. The van der Waals surface area contributed by atoms with Crippen LogP contribution in [0.2, 0.25) is 0 Å². The van der Waals surface area contributed by atoms with Crippen molar-refractivity contribution in [2.45, 2.75) is 16.7 Å². The minimum absolute atomic E-state index is 0.0900. The second-order valence-corrected chi connectivity index (χ2v) is 8.63. The Bertz CT molecular complexity index is 1120. The van der Waals surface area contributed by atoms with E-state index in [1.807, 2.05) is 48.5 Å². The summed E-state index contributed by atoms with van der Waals surface area (Å²) in [6.07, 6.45) is 1.30. The van der Waals surface area contributed by atoms with Gasteiger partial charge in [0, 0.05) is 4.90 Å². The maximum atomic E-state index is 14.4. The molecule has 0 unspecified atom stereocenters. The lowest BCUT2D eigenvalue weighted by Gasteiger charge is -2.08. The molecule has 0 atom stereocenters. The van der Waals surface area contributed by atoms with E-state index in [-0.39, 0.29) is 15.1 Å². The number of hydrogen-bond acceptors (Lipinski definition) is 4. The summed E-state index contributed by atoms with van der Waals surface area (Å²) < 4.78 is 14.4. The smallest absolute Gasteiger partial charge is 0.219 e. The van der Waals surface area contributed by atoms with Gasteiger partial charge in [-0.05, 0) is 88.6 Å². The zero-order valence-electron chi connectivity index (χ0n) is 16.4. The van der Waals surface area contributed by atoms with Crippen molar-refractivity contribution in [1.82, 2.24) is 0 Å². The second-order valence-electron chi connectivity index (χ2n) is 6.54. The van der Waals surface area contributed by atoms with E-state index in [9.17, 15) is 14.0 Å². The molecule has 3 aromatic rings. The van der Waals surface area contributed by atoms with E-state index in [1.54, 1.807) is 19.1 Å². The van der Waals surface area contributed by atoms with Crippen LogP contribution in [0.4, 0.5) is 4.39 Å². The molecule has 0 aliphatic rings. The number of thioether (sulfide) groups is 2. The molecule has 5 heteroatoms. The molecule has 0 aliphatic heterocycles. The van der Waals surface area contributed by atoms with Crippen LogP contribution < -0.4 is 0 Å². The van der Waals surface area contributed by atoms with Crippen LogP contribution in [0.25, 0.3) is 22.3 Å². The number of halogens is 1. The molecule has 3 rings (SSSR count). The van der Waals surface area contributed by atoms with E-state index >= 15 is 0 Å². The van der Waals surface area contributed by atoms with Gasteiger partial charge in [0.15, 0.2) is 0 Å². The summed E-state index contributed by atoms with van der Waals surface area (Å²) in [6.45, 7) is 8.67. The van der Waals surface area contributed by atoms with E-state index in [0.29, 0.717) is 5.57 Å². The van der Waals surface area contributed by atoms with Gasteiger partial charge in [-0.15, -0.1) is 0 Å². The van der Waals surface area contributed by atoms with Crippen molar-refractivity contribution >= 4 is 33.8 Å². The Morgan fingerprint density at radius 2 is 1.33 bits per heavy atom. The predicted octanol–water partition coefficient (Wildman–Crippen LogP) is 7.16. The lowest BCUT2D eigenvalue weighted by Crippen LogP contribution is -1.93. The number of carbonyl (C=O) groups is 2. The lowest BCUT2D eigenvalue weighted by molar-refractivity contribution is -0.108. The first kappa shape index (κ1) is 21.8. The van der Waals surface area contributed by atoms with Crippen molar-refractivity contribution in [2.75, 3.05) is 0 Å². The summed E-state index contributed by atoms with van der Waals surface area (Å²) in [4.78, 5) is 24.3. The highest BCUT2D eigenvalue weighted by Gasteiger charge is 2.11. The van der Waals surface area contributed by atoms with Gasteiger partial charge < -0.3 is 0 Å². The van der Waals surface area contributed by atoms with Crippen LogP contribution in [-0.2, 0) is 9.59 Å². The summed E-state index contributed by atoms with van der Waals surface area (Å²) in [7, 11) is 0. The van der Waals surface area contributed by atoms with E-state index in [1.165, 1.54) is 12.1 Å². The van der Waals surface area contributed by atoms with E-state index < -0.39 is 5.82 Å². The first-order chi connectivity index (χ1) is 14.4. The molecule has 0 amide bonds. The minimum Gasteiger partial charge on any atom is -0.282 e. The fraction of sp³-hybridized carbons (Fsp3) is 0.0400. The highest BCUT2D eigenvalue weighted by Crippen LogP contribution is 2.31. The summed E-state index contributed by atoms with van der Waals surface area (Å²) in [6, 6.07) is 20.4. The molecule has 0 bridgehead atoms. The summed E-state index contributed by atoms with van der Waals surface area (Å²) >= 11 is 1.98. The monoisotopic (exact) mass is 434 g/mol. The standard InChI is InChI=1S/C25H19FO2S2/c1-4-24(27)29-21-12-9-18(10-13-21)17-5-7-19(8-6-17)20-11-14-23(22(26)15-20)30-25(28)16(2)3/h4-15H,1-2H2,3H3. The van der Waals surface area contributed by atoms with Gasteiger partial charge in [0.1, 0.15) is 5.82 Å². The number of hydrogen-bond donors (Lipinski definition) is 0. The van der Waals surface area contributed by atoms with Gasteiger partial charge in [-0.2, -0.15) is 0 Å². The molecular formula is C25H19FO2S2. The normalized spacial score (nSPS) is 10.5. The van der Waals surface area contributed by atoms with Crippen LogP contribution in [0.5, 0.6) is 0 Å². The van der Waals surface area contributed by atoms with E-state index in [0.717, 1.165) is 50.7 Å². The highest BCUT2D eigenvalue weighted by molar-refractivity contribution is 8.14. The molecule has 3 aromatic carbocycles. The molecular weight excluding hydrogens is 415 g/mol. The molecule has 0 radical (unpaired) electrons. The van der Waals surface area contributed by atoms with Crippen molar-refractivity contribution < 1.29 is 14.0 Å². The SMILES string of the molecule is C=CC(=O)Sc1ccc(-c2ccc(-c3ccc(SC(=O)C(=C)C)c(F)c3)cc2)cc1. The minimum atomic E-state index is -0.432. The van der Waals surface area contributed by atoms with Gasteiger partial charge in [0.2, 0.25) is 10.2 Å². The van der Waals surface area contributed by atoms with Gasteiger partial charge in [-0.25, -0.2) is 4.39 Å². The van der Waals surface area contributed by atoms with Crippen molar-refractivity contribution in [3.63, 3.8) is 0 Å². The summed E-state index contributed by atoms with van der Waals surface area (Å²) in [5.74, 6) is -0.432. The number of benzene rings is 3. The first-order valence-corrected chi connectivity index (χ1v) is 10.7. The molecule has 2 nitrogen and oxygen atoms in total. The van der Waals surface area contributed by atoms with Crippen LogP contribution in [0.1, 0.15) is 6.92 Å². The first-order valence-electron chi connectivity index (χ1n) is 9.09. The lowest BCUT2D eigenvalue weighted by atomic mass is 10.0. The van der Waals surface area contributed by atoms with Gasteiger partial charge in [-0.1, -0.05) is 55.6 Å². The Morgan fingerprint density at radius 1 is 0.833 bits per heavy atom. The van der Waals surface area contributed by atoms with Crippen LogP contribution in [0, 0.1) is 5.82 Å². The molecule has 0 aliphatic carbocycles. The average molecular weight is 435 g/mol. The third-order valence-electron chi connectivity index (χ3n) is 4.27. The molecule has 0 aromatic heterocycles. The van der Waals surface area contributed by atoms with Gasteiger partial charge >= 0.3 is 0 Å². The number of rotatable bonds is 6. The maximum absolute atomic E-state index is 14.4. The van der Waals surface area contributed by atoms with Gasteiger partial charge in [0.25, 0.3) is 0 Å². The Balaban J connectivity index is 1.76. The van der Waals surface area contributed by atoms with Crippen molar-refractivity contribution in [3.05, 3.63) is 97.4 Å². The maximum Gasteiger partial charge on any atom is 0.219 e. The third kappa shape index (κ3) is 5.38. The fourth-order valence-electron chi connectivity index (χ4n) is 2.68. The second kappa shape index (κ2) is 9.74. The van der Waals surface area contributed by atoms with Crippen LogP contribution in [0.15, 0.2) is 101 Å². The van der Waals surface area contributed by atoms with Crippen molar-refractivity contribution in [1.29, 1.82) is 0 Å². The third-order valence-corrected chi connectivity index (χ3v) is 6.23. The molecule has 0 fully saturated rings. The van der Waals surface area contributed by atoms with Gasteiger partial charge in [0.05, 0.1) is 4.90 Å². The van der Waals surface area contributed by atoms with Crippen molar-refractivity contribution in [2.24, 2.45) is 0 Å².